The third-order valence-corrected chi connectivity index (χ3v) is 8.67. The number of nitrogens with one attached hydrogen (secondary N) is 1. The van der Waals surface area contributed by atoms with Crippen molar-refractivity contribution in [2.24, 2.45) is 0 Å². The molecule has 3 aliphatic rings. The van der Waals surface area contributed by atoms with Crippen molar-refractivity contribution in [3.8, 4) is 0 Å². The number of urea groups is 1. The van der Waals surface area contributed by atoms with E-state index in [4.69, 9.17) is 0 Å². The van der Waals surface area contributed by atoms with Crippen LogP contribution in [-0.4, -0.2) is 66.7 Å². The van der Waals surface area contributed by atoms with Crippen LogP contribution in [-0.2, 0) is 31.4 Å². The summed E-state index contributed by atoms with van der Waals surface area (Å²) in [6.07, 6.45) is 2.59. The molecule has 4 rings (SSSR count). The van der Waals surface area contributed by atoms with E-state index in [1.165, 1.54) is 4.90 Å². The van der Waals surface area contributed by atoms with E-state index in [0.717, 1.165) is 28.2 Å². The Labute approximate surface area is 167 Å². The molecule has 2 saturated heterocycles. The van der Waals surface area contributed by atoms with E-state index < -0.39 is 33.4 Å². The van der Waals surface area contributed by atoms with Crippen molar-refractivity contribution in [1.29, 1.82) is 0 Å². The number of carbonyl (C=O) groups is 3. The highest BCUT2D eigenvalue weighted by molar-refractivity contribution is 7.91. The minimum Gasteiger partial charge on any atom is -0.337 e. The van der Waals surface area contributed by atoms with Gasteiger partial charge < -0.3 is 10.2 Å². The number of nitrogens with zero attached hydrogens (tertiary/aromatic N) is 2. The zero-order chi connectivity index (χ0) is 20.1. The fourth-order valence-electron chi connectivity index (χ4n) is 4.57. The number of imide groups is 1. The number of likely N-dealkylation sites (N-methyl/N-ethyl adjacent to an activating group) is 1. The van der Waals surface area contributed by atoms with Gasteiger partial charge in [-0.25, -0.2) is 13.2 Å². The Bertz CT molecular complexity index is 941. The van der Waals surface area contributed by atoms with Crippen molar-refractivity contribution in [2.45, 2.75) is 44.2 Å². The summed E-state index contributed by atoms with van der Waals surface area (Å²) in [5, 5.41) is 4.75. The fraction of sp³-hybridized carbons (Fsp3) is 0.611. The third-order valence-electron chi connectivity index (χ3n) is 5.94. The van der Waals surface area contributed by atoms with E-state index in [1.807, 2.05) is 11.4 Å². The molecule has 0 saturated carbocycles. The van der Waals surface area contributed by atoms with Gasteiger partial charge in [0.05, 0.1) is 11.5 Å². The molecular formula is C18H23N3O5S2. The van der Waals surface area contributed by atoms with Crippen LogP contribution in [0.2, 0.25) is 0 Å². The molecule has 1 spiro atoms. The van der Waals surface area contributed by atoms with E-state index in [9.17, 15) is 22.8 Å². The number of hydrogen-bond donors (Lipinski definition) is 1. The molecule has 1 N–H and O–H groups in total. The smallest absolute Gasteiger partial charge is 0.325 e. The number of rotatable bonds is 4. The summed E-state index contributed by atoms with van der Waals surface area (Å²) in [6, 6.07) is 0.924. The second-order valence-corrected chi connectivity index (χ2v) is 10.8. The van der Waals surface area contributed by atoms with Crippen LogP contribution in [0.4, 0.5) is 4.79 Å². The molecule has 0 bridgehead atoms. The maximum atomic E-state index is 13.2. The molecule has 8 nitrogen and oxygen atoms in total. The number of amides is 4. The highest BCUT2D eigenvalue weighted by Gasteiger charge is 2.55. The Morgan fingerprint density at radius 2 is 2.21 bits per heavy atom. The topological polar surface area (TPSA) is 104 Å². The van der Waals surface area contributed by atoms with Gasteiger partial charge in [0.1, 0.15) is 12.1 Å². The lowest BCUT2D eigenvalue weighted by Crippen LogP contribution is -2.49. The van der Waals surface area contributed by atoms with E-state index in [1.54, 1.807) is 18.3 Å². The van der Waals surface area contributed by atoms with Gasteiger partial charge in [0.25, 0.3) is 5.91 Å². The Morgan fingerprint density at radius 3 is 2.89 bits per heavy atom. The molecule has 0 radical (unpaired) electrons. The van der Waals surface area contributed by atoms with Gasteiger partial charge in [-0.1, -0.05) is 0 Å². The lowest BCUT2D eigenvalue weighted by molar-refractivity contribution is -0.140. The predicted octanol–water partition coefficient (Wildman–Crippen LogP) is 0.867. The van der Waals surface area contributed by atoms with Crippen LogP contribution in [0, 0.1) is 0 Å². The zero-order valence-electron chi connectivity index (χ0n) is 15.6. The molecule has 4 amide bonds. The van der Waals surface area contributed by atoms with Gasteiger partial charge in [-0.2, -0.15) is 0 Å². The summed E-state index contributed by atoms with van der Waals surface area (Å²) in [5.41, 5.74) is -0.232. The molecule has 1 aromatic heterocycles. The van der Waals surface area contributed by atoms with Gasteiger partial charge in [0.2, 0.25) is 5.91 Å². The molecule has 2 atom stereocenters. The molecular weight excluding hydrogens is 402 g/mol. The minimum atomic E-state index is -3.13. The van der Waals surface area contributed by atoms with E-state index in [2.05, 4.69) is 5.32 Å². The number of fused-ring (bicyclic) bond motifs is 2. The average Bonchev–Trinajstić information content (AvgIpc) is 3.31. The zero-order valence-corrected chi connectivity index (χ0v) is 17.3. The van der Waals surface area contributed by atoms with Gasteiger partial charge >= 0.3 is 6.03 Å². The van der Waals surface area contributed by atoms with Crippen LogP contribution in [0.25, 0.3) is 0 Å². The maximum Gasteiger partial charge on any atom is 0.325 e. The highest BCUT2D eigenvalue weighted by Crippen LogP contribution is 2.42. The predicted molar refractivity (Wildman–Crippen MR) is 104 cm³/mol. The lowest BCUT2D eigenvalue weighted by Gasteiger charge is -2.31. The summed E-state index contributed by atoms with van der Waals surface area (Å²) in [5.74, 6) is -0.782. The normalized spacial score (nSPS) is 28.5. The largest absolute Gasteiger partial charge is 0.337 e. The van der Waals surface area contributed by atoms with Crippen molar-refractivity contribution in [2.75, 3.05) is 24.6 Å². The summed E-state index contributed by atoms with van der Waals surface area (Å²) in [4.78, 5) is 42.2. The van der Waals surface area contributed by atoms with E-state index in [0.29, 0.717) is 19.4 Å². The van der Waals surface area contributed by atoms with Gasteiger partial charge in [-0.3, -0.25) is 14.5 Å². The van der Waals surface area contributed by atoms with Crippen LogP contribution < -0.4 is 5.32 Å². The molecule has 0 unspecified atom stereocenters. The first-order valence-electron chi connectivity index (χ1n) is 9.48. The monoisotopic (exact) mass is 425 g/mol. The maximum absolute atomic E-state index is 13.2. The number of carbonyl (C=O) groups excluding carboxylic acids is 3. The third kappa shape index (κ3) is 3.02. The molecule has 2 aliphatic heterocycles. The number of sulfone groups is 1. The van der Waals surface area contributed by atoms with Crippen molar-refractivity contribution in [3.05, 3.63) is 21.9 Å². The van der Waals surface area contributed by atoms with Crippen molar-refractivity contribution in [1.82, 2.24) is 15.1 Å². The summed E-state index contributed by atoms with van der Waals surface area (Å²) < 4.78 is 23.5. The van der Waals surface area contributed by atoms with Gasteiger partial charge in [0.15, 0.2) is 9.84 Å². The van der Waals surface area contributed by atoms with Crippen LogP contribution in [0.15, 0.2) is 11.4 Å². The standard InChI is InChI=1S/C18H23N3O5S2/c1-2-20(12-6-9-28(25,26)11-12)15(22)10-21-16(23)18(19-17(21)24)7-3-4-14-13(18)5-8-27-14/h5,8,12H,2-4,6-7,9-11H2,1H3,(H,19,24)/t12-,18-/m1/s1. The molecule has 1 aromatic rings. The van der Waals surface area contributed by atoms with Gasteiger partial charge in [0, 0.05) is 23.0 Å². The fourth-order valence-corrected chi connectivity index (χ4v) is 7.30. The highest BCUT2D eigenvalue weighted by atomic mass is 32.2. The Hall–Kier alpha value is -1.94. The van der Waals surface area contributed by atoms with Crippen LogP contribution in [0.5, 0.6) is 0 Å². The molecule has 152 valence electrons. The van der Waals surface area contributed by atoms with E-state index in [-0.39, 0.29) is 24.0 Å². The molecule has 2 fully saturated rings. The van der Waals surface area contributed by atoms with Crippen molar-refractivity contribution in [3.63, 3.8) is 0 Å². The second-order valence-electron chi connectivity index (χ2n) is 7.57. The van der Waals surface area contributed by atoms with Gasteiger partial charge in [-0.05, 0) is 44.1 Å². The van der Waals surface area contributed by atoms with Crippen LogP contribution in [0.3, 0.4) is 0 Å². The average molecular weight is 426 g/mol. The molecule has 10 heteroatoms. The Morgan fingerprint density at radius 1 is 1.43 bits per heavy atom. The second kappa shape index (κ2) is 6.84. The minimum absolute atomic E-state index is 0.0606. The number of hydrogen-bond acceptors (Lipinski definition) is 6. The number of aryl methyl sites for hydroxylation is 1. The quantitative estimate of drug-likeness (QED) is 0.721. The SMILES string of the molecule is CCN(C(=O)CN1C(=O)N[C@@]2(CCCc3sccc32)C1=O)[C@@H]1CCS(=O)(=O)C1. The van der Waals surface area contributed by atoms with Gasteiger partial charge in [-0.15, -0.1) is 11.3 Å². The molecule has 28 heavy (non-hydrogen) atoms. The Kier molecular flexibility index (Phi) is 4.73. The Balaban J connectivity index is 1.54. The first kappa shape index (κ1) is 19.4. The van der Waals surface area contributed by atoms with Crippen LogP contribution >= 0.6 is 11.3 Å². The number of thiophene rings is 1. The molecule has 0 aromatic carbocycles. The first-order chi connectivity index (χ1) is 13.3. The summed E-state index contributed by atoms with van der Waals surface area (Å²) in [6.45, 7) is 1.74. The summed E-state index contributed by atoms with van der Waals surface area (Å²) >= 11 is 1.58. The van der Waals surface area contributed by atoms with E-state index >= 15 is 0 Å². The molecule has 1 aliphatic carbocycles. The van der Waals surface area contributed by atoms with Crippen molar-refractivity contribution < 1.29 is 22.8 Å². The van der Waals surface area contributed by atoms with Crippen molar-refractivity contribution >= 4 is 39.0 Å². The summed E-state index contributed by atoms with van der Waals surface area (Å²) in [7, 11) is -3.13. The first-order valence-corrected chi connectivity index (χ1v) is 12.2. The van der Waals surface area contributed by atoms with Crippen LogP contribution in [0.1, 0.15) is 36.6 Å². The molecule has 3 heterocycles. The lowest BCUT2D eigenvalue weighted by atomic mass is 9.80.